The Balaban J connectivity index is 2.26. The average molecular weight is 290 g/mol. The molecular formula is C12H8BrN3O. The van der Waals surface area contributed by atoms with Crippen LogP contribution in [0.5, 0.6) is 0 Å². The lowest BCUT2D eigenvalue weighted by atomic mass is 10.3. The van der Waals surface area contributed by atoms with Crippen molar-refractivity contribution in [1.82, 2.24) is 9.97 Å². The van der Waals surface area contributed by atoms with Crippen LogP contribution < -0.4 is 5.73 Å². The van der Waals surface area contributed by atoms with E-state index in [1.54, 1.807) is 12.3 Å². The summed E-state index contributed by atoms with van der Waals surface area (Å²) in [6.07, 6.45) is 1.69. The van der Waals surface area contributed by atoms with Crippen LogP contribution in [-0.2, 0) is 0 Å². The van der Waals surface area contributed by atoms with E-state index in [0.717, 1.165) is 4.47 Å². The monoisotopic (exact) mass is 289 g/mol. The average Bonchev–Trinajstić information content (AvgIpc) is 2.75. The summed E-state index contributed by atoms with van der Waals surface area (Å²) in [6.45, 7) is 0. The molecule has 5 heteroatoms. The summed E-state index contributed by atoms with van der Waals surface area (Å²) in [6, 6.07) is 9.19. The van der Waals surface area contributed by atoms with Gasteiger partial charge in [0.1, 0.15) is 11.2 Å². The lowest BCUT2D eigenvalue weighted by molar-refractivity contribution is 0.616. The van der Waals surface area contributed by atoms with Crippen molar-refractivity contribution in [3.05, 3.63) is 41.0 Å². The van der Waals surface area contributed by atoms with Gasteiger partial charge in [-0.15, -0.1) is 0 Å². The summed E-state index contributed by atoms with van der Waals surface area (Å²) in [5, 5.41) is 0. The summed E-state index contributed by atoms with van der Waals surface area (Å²) in [7, 11) is 0. The smallest absolute Gasteiger partial charge is 0.247 e. The van der Waals surface area contributed by atoms with Gasteiger partial charge in [-0.2, -0.15) is 0 Å². The first-order valence-electron chi connectivity index (χ1n) is 5.01. The Morgan fingerprint density at radius 2 is 2.06 bits per heavy atom. The minimum atomic E-state index is 0.463. The van der Waals surface area contributed by atoms with Crippen molar-refractivity contribution in [2.24, 2.45) is 0 Å². The van der Waals surface area contributed by atoms with Crippen molar-refractivity contribution in [2.45, 2.75) is 0 Å². The van der Waals surface area contributed by atoms with Gasteiger partial charge in [-0.3, -0.25) is 0 Å². The number of pyridine rings is 1. The van der Waals surface area contributed by atoms with Crippen molar-refractivity contribution in [1.29, 1.82) is 0 Å². The van der Waals surface area contributed by atoms with Crippen LogP contribution in [-0.4, -0.2) is 9.97 Å². The number of oxazole rings is 1. The van der Waals surface area contributed by atoms with Crippen molar-refractivity contribution in [2.75, 3.05) is 5.73 Å². The van der Waals surface area contributed by atoms with Gasteiger partial charge in [0.15, 0.2) is 5.58 Å². The Kier molecular flexibility index (Phi) is 2.33. The molecule has 0 atom stereocenters. The molecule has 0 aliphatic carbocycles. The summed E-state index contributed by atoms with van der Waals surface area (Å²) in [4.78, 5) is 8.59. The number of rotatable bonds is 1. The molecule has 3 rings (SSSR count). The Bertz CT molecular complexity index is 693. The highest BCUT2D eigenvalue weighted by molar-refractivity contribution is 9.10. The molecule has 0 aliphatic rings. The maximum Gasteiger partial charge on any atom is 0.247 e. The molecule has 0 saturated heterocycles. The molecular weight excluding hydrogens is 282 g/mol. The van der Waals surface area contributed by atoms with Crippen LogP contribution in [0.4, 0.5) is 5.69 Å². The highest BCUT2D eigenvalue weighted by Gasteiger charge is 2.13. The van der Waals surface area contributed by atoms with Crippen LogP contribution in [0.2, 0.25) is 0 Å². The molecule has 0 saturated carbocycles. The first kappa shape index (κ1) is 10.3. The number of hydrogen-bond acceptors (Lipinski definition) is 4. The predicted molar refractivity (Wildman–Crippen MR) is 69.4 cm³/mol. The number of aromatic nitrogens is 2. The Labute approximate surface area is 106 Å². The maximum absolute atomic E-state index is 5.83. The van der Waals surface area contributed by atoms with Gasteiger partial charge in [-0.25, -0.2) is 9.97 Å². The molecule has 0 aliphatic heterocycles. The van der Waals surface area contributed by atoms with Gasteiger partial charge < -0.3 is 10.2 Å². The summed E-state index contributed by atoms with van der Waals surface area (Å²) in [5.41, 5.74) is 8.43. The molecule has 0 unspecified atom stereocenters. The number of hydrogen-bond donors (Lipinski definition) is 1. The second kappa shape index (κ2) is 3.85. The number of nitrogens with two attached hydrogens (primary N) is 1. The van der Waals surface area contributed by atoms with Gasteiger partial charge in [0.2, 0.25) is 5.89 Å². The highest BCUT2D eigenvalue weighted by atomic mass is 79.9. The van der Waals surface area contributed by atoms with E-state index in [1.807, 2.05) is 24.3 Å². The first-order valence-corrected chi connectivity index (χ1v) is 5.81. The molecule has 2 heterocycles. The molecule has 0 spiro atoms. The Morgan fingerprint density at radius 1 is 1.18 bits per heavy atom. The van der Waals surface area contributed by atoms with E-state index in [4.69, 9.17) is 10.2 Å². The molecule has 3 aromatic rings. The topological polar surface area (TPSA) is 64.9 Å². The third-order valence-corrected chi connectivity index (χ3v) is 3.05. The molecule has 0 amide bonds. The van der Waals surface area contributed by atoms with Crippen molar-refractivity contribution in [3.63, 3.8) is 0 Å². The third-order valence-electron chi connectivity index (χ3n) is 2.41. The van der Waals surface area contributed by atoms with Crippen molar-refractivity contribution < 1.29 is 4.42 Å². The van der Waals surface area contributed by atoms with Crippen molar-refractivity contribution in [3.8, 4) is 11.6 Å². The summed E-state index contributed by atoms with van der Waals surface area (Å²) >= 11 is 3.42. The highest BCUT2D eigenvalue weighted by Crippen LogP contribution is 2.29. The molecule has 1 aromatic carbocycles. The van der Waals surface area contributed by atoms with Gasteiger partial charge in [-0.1, -0.05) is 6.07 Å². The zero-order valence-electron chi connectivity index (χ0n) is 8.72. The van der Waals surface area contributed by atoms with Gasteiger partial charge in [-0.05, 0) is 40.2 Å². The van der Waals surface area contributed by atoms with Crippen LogP contribution in [0.3, 0.4) is 0 Å². The minimum Gasteiger partial charge on any atom is -0.435 e. The van der Waals surface area contributed by atoms with E-state index >= 15 is 0 Å². The van der Waals surface area contributed by atoms with Gasteiger partial charge in [0.05, 0.1) is 5.69 Å². The molecule has 84 valence electrons. The molecule has 0 radical (unpaired) electrons. The number of benzene rings is 1. The number of para-hydroxylation sites is 1. The number of anilines is 1. The third kappa shape index (κ3) is 1.68. The van der Waals surface area contributed by atoms with Crippen LogP contribution >= 0.6 is 15.9 Å². The molecule has 2 aromatic heterocycles. The zero-order chi connectivity index (χ0) is 11.8. The number of nitrogens with zero attached hydrogens (tertiary/aromatic N) is 2. The molecule has 4 nitrogen and oxygen atoms in total. The molecule has 2 N–H and O–H groups in total. The van der Waals surface area contributed by atoms with E-state index in [1.165, 1.54) is 0 Å². The van der Waals surface area contributed by atoms with Gasteiger partial charge in [0.25, 0.3) is 0 Å². The van der Waals surface area contributed by atoms with E-state index in [-0.39, 0.29) is 0 Å². The SMILES string of the molecule is Nc1cccc2oc(-c3ncccc3Br)nc12. The van der Waals surface area contributed by atoms with Crippen LogP contribution in [0.1, 0.15) is 0 Å². The fourth-order valence-corrected chi connectivity index (χ4v) is 2.04. The van der Waals surface area contributed by atoms with E-state index in [0.29, 0.717) is 28.4 Å². The van der Waals surface area contributed by atoms with E-state index in [9.17, 15) is 0 Å². The Hall–Kier alpha value is -1.88. The number of nitrogen functional groups attached to an aromatic ring is 1. The van der Waals surface area contributed by atoms with Gasteiger partial charge >= 0.3 is 0 Å². The Morgan fingerprint density at radius 3 is 2.82 bits per heavy atom. The minimum absolute atomic E-state index is 0.463. The largest absolute Gasteiger partial charge is 0.435 e. The van der Waals surface area contributed by atoms with E-state index < -0.39 is 0 Å². The van der Waals surface area contributed by atoms with Crippen LogP contribution in [0, 0.1) is 0 Å². The number of fused-ring (bicyclic) bond motifs is 1. The van der Waals surface area contributed by atoms with E-state index in [2.05, 4.69) is 25.9 Å². The zero-order valence-corrected chi connectivity index (χ0v) is 10.3. The summed E-state index contributed by atoms with van der Waals surface area (Å²) in [5.74, 6) is 0.463. The molecule has 0 fully saturated rings. The number of halogens is 1. The lowest BCUT2D eigenvalue weighted by Crippen LogP contribution is -1.86. The first-order chi connectivity index (χ1) is 8.25. The molecule has 17 heavy (non-hydrogen) atoms. The second-order valence-electron chi connectivity index (χ2n) is 3.55. The fraction of sp³-hybridized carbons (Fsp3) is 0. The normalized spacial score (nSPS) is 10.9. The lowest BCUT2D eigenvalue weighted by Gasteiger charge is -1.95. The fourth-order valence-electron chi connectivity index (χ4n) is 1.61. The predicted octanol–water partition coefficient (Wildman–Crippen LogP) is 3.23. The second-order valence-corrected chi connectivity index (χ2v) is 4.40. The standard InChI is InChI=1S/C12H8BrN3O/c13-7-3-2-6-15-10(7)12-16-11-8(14)4-1-5-9(11)17-12/h1-6H,14H2. The maximum atomic E-state index is 5.83. The summed E-state index contributed by atoms with van der Waals surface area (Å²) < 4.78 is 6.47. The molecule has 0 bridgehead atoms. The van der Waals surface area contributed by atoms with Crippen LogP contribution in [0.15, 0.2) is 45.4 Å². The quantitative estimate of drug-likeness (QED) is 0.699. The van der Waals surface area contributed by atoms with Crippen molar-refractivity contribution >= 4 is 32.7 Å². The van der Waals surface area contributed by atoms with Gasteiger partial charge in [0, 0.05) is 10.7 Å². The van der Waals surface area contributed by atoms with Crippen LogP contribution in [0.25, 0.3) is 22.7 Å².